The van der Waals surface area contributed by atoms with Crippen LogP contribution in [0, 0.1) is 17.3 Å². The fraction of sp³-hybridized carbons (Fsp3) is 0.944. The lowest BCUT2D eigenvalue weighted by atomic mass is 9.69. The summed E-state index contributed by atoms with van der Waals surface area (Å²) in [6.07, 6.45) is 10.5. The maximum Gasteiger partial charge on any atom is 0.135 e. The van der Waals surface area contributed by atoms with Crippen LogP contribution in [0.1, 0.15) is 78.6 Å². The van der Waals surface area contributed by atoms with Crippen molar-refractivity contribution >= 4 is 5.78 Å². The van der Waals surface area contributed by atoms with E-state index >= 15 is 0 Å². The summed E-state index contributed by atoms with van der Waals surface area (Å²) in [4.78, 5) is 12.3. The second-order valence-electron chi connectivity index (χ2n) is 7.91. The zero-order valence-electron chi connectivity index (χ0n) is 13.6. The molecule has 2 aliphatic rings. The third kappa shape index (κ3) is 4.58. The molecule has 20 heavy (non-hydrogen) atoms. The molecule has 0 N–H and O–H groups in total. The molecular weight excluding hydrogens is 248 g/mol. The van der Waals surface area contributed by atoms with E-state index in [0.29, 0.717) is 23.2 Å². The van der Waals surface area contributed by atoms with Crippen molar-refractivity contribution in [2.45, 2.75) is 84.7 Å². The summed E-state index contributed by atoms with van der Waals surface area (Å²) in [6.45, 7) is 7.93. The number of carbonyl (C=O) groups excluding carboxylic acids is 1. The summed E-state index contributed by atoms with van der Waals surface area (Å²) in [6, 6.07) is 0. The molecule has 1 heterocycles. The summed E-state index contributed by atoms with van der Waals surface area (Å²) < 4.78 is 5.62. The monoisotopic (exact) mass is 280 g/mol. The van der Waals surface area contributed by atoms with Crippen molar-refractivity contribution < 1.29 is 9.53 Å². The maximum atomic E-state index is 12.3. The number of ether oxygens (including phenoxy) is 1. The zero-order chi connectivity index (χ0) is 14.6. The molecule has 0 amide bonds. The van der Waals surface area contributed by atoms with E-state index in [-0.39, 0.29) is 0 Å². The van der Waals surface area contributed by atoms with Gasteiger partial charge in [0.15, 0.2) is 0 Å². The lowest BCUT2D eigenvalue weighted by molar-refractivity contribution is -0.124. The van der Waals surface area contributed by atoms with Gasteiger partial charge >= 0.3 is 0 Å². The SMILES string of the molecule is CC(C)(C)C1CCC(C(=O)CCCC2CCCO2)CC1. The third-order valence-corrected chi connectivity index (χ3v) is 5.38. The second-order valence-corrected chi connectivity index (χ2v) is 7.91. The van der Waals surface area contributed by atoms with Gasteiger partial charge in [0.05, 0.1) is 6.10 Å². The molecule has 1 aliphatic carbocycles. The van der Waals surface area contributed by atoms with Crippen LogP contribution in [0.2, 0.25) is 0 Å². The van der Waals surface area contributed by atoms with Gasteiger partial charge in [-0.25, -0.2) is 0 Å². The van der Waals surface area contributed by atoms with Crippen molar-refractivity contribution in [3.63, 3.8) is 0 Å². The molecule has 1 unspecified atom stereocenters. The van der Waals surface area contributed by atoms with Crippen LogP contribution in [-0.2, 0) is 9.53 Å². The van der Waals surface area contributed by atoms with E-state index in [1.165, 1.54) is 25.7 Å². The van der Waals surface area contributed by atoms with Gasteiger partial charge in [-0.3, -0.25) is 4.79 Å². The molecule has 2 rings (SSSR count). The van der Waals surface area contributed by atoms with Crippen molar-refractivity contribution in [1.82, 2.24) is 0 Å². The largest absolute Gasteiger partial charge is 0.378 e. The van der Waals surface area contributed by atoms with E-state index in [0.717, 1.165) is 44.6 Å². The highest BCUT2D eigenvalue weighted by Gasteiger charge is 2.32. The van der Waals surface area contributed by atoms with Crippen molar-refractivity contribution in [2.75, 3.05) is 6.61 Å². The molecule has 0 aromatic heterocycles. The van der Waals surface area contributed by atoms with E-state index in [1.807, 2.05) is 0 Å². The molecule has 1 aliphatic heterocycles. The van der Waals surface area contributed by atoms with Gasteiger partial charge in [0.2, 0.25) is 0 Å². The first-order chi connectivity index (χ1) is 9.47. The highest BCUT2D eigenvalue weighted by Crippen LogP contribution is 2.40. The van der Waals surface area contributed by atoms with Crippen molar-refractivity contribution in [1.29, 1.82) is 0 Å². The minimum atomic E-state index is 0.359. The smallest absolute Gasteiger partial charge is 0.135 e. The van der Waals surface area contributed by atoms with Crippen molar-refractivity contribution in [2.24, 2.45) is 17.3 Å². The van der Waals surface area contributed by atoms with E-state index in [2.05, 4.69) is 20.8 Å². The summed E-state index contributed by atoms with van der Waals surface area (Å²) in [7, 11) is 0. The topological polar surface area (TPSA) is 26.3 Å². The Labute approximate surface area is 124 Å². The summed E-state index contributed by atoms with van der Waals surface area (Å²) >= 11 is 0. The molecule has 1 atom stereocenters. The molecule has 0 aromatic carbocycles. The number of Topliss-reactive ketones (excluding diaryl/α,β-unsaturated/α-hetero) is 1. The quantitative estimate of drug-likeness (QED) is 0.726. The van der Waals surface area contributed by atoms with Gasteiger partial charge in [-0.1, -0.05) is 20.8 Å². The molecule has 2 heteroatoms. The number of ketones is 1. The molecule has 2 nitrogen and oxygen atoms in total. The second kappa shape index (κ2) is 7.06. The Balaban J connectivity index is 1.64. The molecule has 2 fully saturated rings. The van der Waals surface area contributed by atoms with E-state index in [4.69, 9.17) is 4.74 Å². The number of hydrogen-bond acceptors (Lipinski definition) is 2. The highest BCUT2D eigenvalue weighted by atomic mass is 16.5. The number of rotatable bonds is 5. The first-order valence-electron chi connectivity index (χ1n) is 8.61. The predicted molar refractivity (Wildman–Crippen MR) is 82.7 cm³/mol. The van der Waals surface area contributed by atoms with Gasteiger partial charge in [0.1, 0.15) is 5.78 Å². The maximum absolute atomic E-state index is 12.3. The minimum absolute atomic E-state index is 0.359. The molecule has 0 aromatic rings. The Hall–Kier alpha value is -0.370. The van der Waals surface area contributed by atoms with Crippen LogP contribution in [0.5, 0.6) is 0 Å². The van der Waals surface area contributed by atoms with Gasteiger partial charge in [0.25, 0.3) is 0 Å². The minimum Gasteiger partial charge on any atom is -0.378 e. The van der Waals surface area contributed by atoms with Crippen LogP contribution in [-0.4, -0.2) is 18.5 Å². The third-order valence-electron chi connectivity index (χ3n) is 5.38. The Kier molecular flexibility index (Phi) is 5.65. The molecular formula is C18H32O2. The molecule has 0 spiro atoms. The van der Waals surface area contributed by atoms with E-state index in [1.54, 1.807) is 0 Å². The van der Waals surface area contributed by atoms with Crippen LogP contribution in [0.15, 0.2) is 0 Å². The lowest BCUT2D eigenvalue weighted by Gasteiger charge is -2.36. The zero-order valence-corrected chi connectivity index (χ0v) is 13.6. The summed E-state index contributed by atoms with van der Waals surface area (Å²) in [5, 5.41) is 0. The van der Waals surface area contributed by atoms with Gasteiger partial charge in [-0.05, 0) is 62.7 Å². The van der Waals surface area contributed by atoms with Gasteiger partial charge < -0.3 is 4.74 Å². The molecule has 0 bridgehead atoms. The lowest BCUT2D eigenvalue weighted by Crippen LogP contribution is -2.28. The normalized spacial score (nSPS) is 31.4. The van der Waals surface area contributed by atoms with Gasteiger partial charge in [-0.2, -0.15) is 0 Å². The van der Waals surface area contributed by atoms with Gasteiger partial charge in [-0.15, -0.1) is 0 Å². The number of carbonyl (C=O) groups is 1. The van der Waals surface area contributed by atoms with Crippen LogP contribution in [0.3, 0.4) is 0 Å². The first kappa shape index (κ1) is 16.0. The molecule has 1 saturated carbocycles. The summed E-state index contributed by atoms with van der Waals surface area (Å²) in [5.74, 6) is 1.69. The molecule has 1 saturated heterocycles. The van der Waals surface area contributed by atoms with Crippen LogP contribution < -0.4 is 0 Å². The average Bonchev–Trinajstić information content (AvgIpc) is 2.91. The Morgan fingerprint density at radius 1 is 1.10 bits per heavy atom. The first-order valence-corrected chi connectivity index (χ1v) is 8.61. The molecule has 0 radical (unpaired) electrons. The highest BCUT2D eigenvalue weighted by molar-refractivity contribution is 5.81. The van der Waals surface area contributed by atoms with Gasteiger partial charge in [0, 0.05) is 18.9 Å². The van der Waals surface area contributed by atoms with Crippen molar-refractivity contribution in [3.8, 4) is 0 Å². The summed E-state index contributed by atoms with van der Waals surface area (Å²) in [5.41, 5.74) is 0.411. The fourth-order valence-electron chi connectivity index (χ4n) is 3.86. The van der Waals surface area contributed by atoms with Crippen LogP contribution in [0.4, 0.5) is 0 Å². The average molecular weight is 280 g/mol. The predicted octanol–water partition coefficient (Wildman–Crippen LogP) is 4.76. The Morgan fingerprint density at radius 2 is 1.80 bits per heavy atom. The van der Waals surface area contributed by atoms with E-state index in [9.17, 15) is 4.79 Å². The van der Waals surface area contributed by atoms with Crippen molar-refractivity contribution in [3.05, 3.63) is 0 Å². The Bertz CT molecular complexity index is 302. The Morgan fingerprint density at radius 3 is 2.35 bits per heavy atom. The number of hydrogen-bond donors (Lipinski definition) is 0. The fourth-order valence-corrected chi connectivity index (χ4v) is 3.86. The molecule has 116 valence electrons. The van der Waals surface area contributed by atoms with Crippen LogP contribution >= 0.6 is 0 Å². The standard InChI is InChI=1S/C18H32O2/c1-18(2,3)15-11-9-14(10-12-15)17(19)8-4-6-16-7-5-13-20-16/h14-16H,4-13H2,1-3H3. The van der Waals surface area contributed by atoms with Crippen LogP contribution in [0.25, 0.3) is 0 Å². The van der Waals surface area contributed by atoms with E-state index < -0.39 is 0 Å².